The first-order valence-corrected chi connectivity index (χ1v) is 5.73. The van der Waals surface area contributed by atoms with E-state index in [1.54, 1.807) is 6.07 Å². The largest absolute Gasteiger partial charge is 0.507 e. The third-order valence-corrected chi connectivity index (χ3v) is 2.86. The Morgan fingerprint density at radius 1 is 0.818 bits per heavy atom. The van der Waals surface area contributed by atoms with E-state index in [9.17, 15) is 35.4 Å². The van der Waals surface area contributed by atoms with E-state index in [0.29, 0.717) is 6.07 Å². The summed E-state index contributed by atoms with van der Waals surface area (Å²) in [6.07, 6.45) is 0. The highest BCUT2D eigenvalue weighted by atomic mass is 16.6. The minimum absolute atomic E-state index is 0.129. The van der Waals surface area contributed by atoms with E-state index in [0.717, 1.165) is 0 Å². The second-order valence-corrected chi connectivity index (χ2v) is 4.12. The van der Waals surface area contributed by atoms with E-state index < -0.39 is 43.1 Å². The van der Waals surface area contributed by atoms with Gasteiger partial charge >= 0.3 is 17.1 Å². The highest BCUT2D eigenvalue weighted by Crippen LogP contribution is 2.48. The molecule has 0 radical (unpaired) electrons. The summed E-state index contributed by atoms with van der Waals surface area (Å²) in [5, 5.41) is 43.0. The number of phenolic OH excluding ortho intramolecular Hbond substituents is 1. The van der Waals surface area contributed by atoms with Crippen molar-refractivity contribution in [3.8, 4) is 16.9 Å². The van der Waals surface area contributed by atoms with Gasteiger partial charge < -0.3 is 5.11 Å². The van der Waals surface area contributed by atoms with Gasteiger partial charge in [0.15, 0.2) is 0 Å². The third-order valence-electron chi connectivity index (χ3n) is 2.86. The number of benzene rings is 2. The van der Waals surface area contributed by atoms with Crippen molar-refractivity contribution in [2.45, 2.75) is 0 Å². The van der Waals surface area contributed by atoms with Crippen molar-refractivity contribution in [1.82, 2.24) is 0 Å². The number of phenols is 1. The van der Waals surface area contributed by atoms with E-state index in [2.05, 4.69) is 0 Å². The predicted molar refractivity (Wildman–Crippen MR) is 73.5 cm³/mol. The maximum absolute atomic E-state index is 11.2. The number of nitro groups is 3. The fourth-order valence-electron chi connectivity index (χ4n) is 2.02. The number of rotatable bonds is 4. The maximum Gasteiger partial charge on any atom is 0.423 e. The van der Waals surface area contributed by atoms with Crippen LogP contribution in [0.4, 0.5) is 17.1 Å². The molecule has 0 bridgehead atoms. The summed E-state index contributed by atoms with van der Waals surface area (Å²) in [5.74, 6) is -0.782. The third kappa shape index (κ3) is 2.40. The smallest absolute Gasteiger partial charge is 0.423 e. The van der Waals surface area contributed by atoms with Crippen molar-refractivity contribution in [3.05, 3.63) is 66.7 Å². The molecule has 0 aliphatic rings. The molecule has 0 saturated heterocycles. The summed E-state index contributed by atoms with van der Waals surface area (Å²) >= 11 is 0. The normalized spacial score (nSPS) is 10.2. The van der Waals surface area contributed by atoms with Gasteiger partial charge in [0.2, 0.25) is 0 Å². The SMILES string of the molecule is O=[N+]([O-])c1cc(O)c(-c2ccccc2)c([N+](=O)[O-])c1[N+](=O)[O-]. The van der Waals surface area contributed by atoms with Crippen LogP contribution < -0.4 is 0 Å². The first kappa shape index (κ1) is 14.8. The highest BCUT2D eigenvalue weighted by Gasteiger charge is 2.41. The zero-order valence-corrected chi connectivity index (χ0v) is 10.7. The fraction of sp³-hybridized carbons (Fsp3) is 0. The van der Waals surface area contributed by atoms with Crippen LogP contribution in [0.5, 0.6) is 5.75 Å². The van der Waals surface area contributed by atoms with Crippen molar-refractivity contribution in [1.29, 1.82) is 0 Å². The molecule has 2 rings (SSSR count). The minimum atomic E-state index is -1.27. The Kier molecular flexibility index (Phi) is 3.67. The van der Waals surface area contributed by atoms with Gasteiger partial charge in [0.25, 0.3) is 0 Å². The average molecular weight is 305 g/mol. The summed E-state index contributed by atoms with van der Waals surface area (Å²) in [5.41, 5.74) is -3.85. The van der Waals surface area contributed by atoms with E-state index in [-0.39, 0.29) is 5.56 Å². The lowest BCUT2D eigenvalue weighted by Crippen LogP contribution is -2.03. The summed E-state index contributed by atoms with van der Waals surface area (Å²) < 4.78 is 0. The summed E-state index contributed by atoms with van der Waals surface area (Å²) in [4.78, 5) is 29.7. The molecule has 2 aromatic rings. The molecule has 22 heavy (non-hydrogen) atoms. The Morgan fingerprint density at radius 3 is 1.82 bits per heavy atom. The van der Waals surface area contributed by atoms with E-state index in [4.69, 9.17) is 0 Å². The van der Waals surface area contributed by atoms with Crippen molar-refractivity contribution < 1.29 is 19.9 Å². The zero-order valence-electron chi connectivity index (χ0n) is 10.7. The average Bonchev–Trinajstić information content (AvgIpc) is 2.46. The molecule has 0 amide bonds. The molecular formula is C12H7N3O7. The monoisotopic (exact) mass is 305 g/mol. The molecular weight excluding hydrogens is 298 g/mol. The van der Waals surface area contributed by atoms with Gasteiger partial charge in [-0.2, -0.15) is 0 Å². The molecule has 2 aromatic carbocycles. The van der Waals surface area contributed by atoms with Crippen molar-refractivity contribution in [3.63, 3.8) is 0 Å². The Hall–Kier alpha value is -3.56. The van der Waals surface area contributed by atoms with Gasteiger partial charge in [-0.1, -0.05) is 30.3 Å². The summed E-state index contributed by atoms with van der Waals surface area (Å²) in [7, 11) is 0. The van der Waals surface area contributed by atoms with Crippen LogP contribution in [0.15, 0.2) is 36.4 Å². The predicted octanol–water partition coefficient (Wildman–Crippen LogP) is 2.78. The van der Waals surface area contributed by atoms with Gasteiger partial charge in [0.05, 0.1) is 20.8 Å². The molecule has 112 valence electrons. The Bertz CT molecular complexity index is 789. The summed E-state index contributed by atoms with van der Waals surface area (Å²) in [6, 6.07) is 7.92. The molecule has 0 aliphatic carbocycles. The molecule has 0 aliphatic heterocycles. The molecule has 0 unspecified atom stereocenters. The molecule has 0 heterocycles. The molecule has 0 atom stereocenters. The number of aromatic hydroxyl groups is 1. The van der Waals surface area contributed by atoms with Crippen LogP contribution in [0, 0.1) is 30.3 Å². The molecule has 1 N–H and O–H groups in total. The Morgan fingerprint density at radius 2 is 1.36 bits per heavy atom. The number of nitro benzene ring substituents is 3. The first-order valence-electron chi connectivity index (χ1n) is 5.73. The van der Waals surface area contributed by atoms with Crippen LogP contribution >= 0.6 is 0 Å². The molecule has 10 heteroatoms. The topological polar surface area (TPSA) is 150 Å². The van der Waals surface area contributed by atoms with Crippen molar-refractivity contribution in [2.24, 2.45) is 0 Å². The van der Waals surface area contributed by atoms with E-state index in [1.165, 1.54) is 24.3 Å². The van der Waals surface area contributed by atoms with Gasteiger partial charge in [-0.15, -0.1) is 0 Å². The lowest BCUT2D eigenvalue weighted by atomic mass is 10.0. The Labute approximate surface area is 121 Å². The van der Waals surface area contributed by atoms with Crippen LogP contribution in [0.1, 0.15) is 0 Å². The van der Waals surface area contributed by atoms with Crippen molar-refractivity contribution >= 4 is 17.1 Å². The van der Waals surface area contributed by atoms with Crippen LogP contribution in [-0.2, 0) is 0 Å². The summed E-state index contributed by atoms with van der Waals surface area (Å²) in [6.45, 7) is 0. The maximum atomic E-state index is 11.2. The molecule has 0 aromatic heterocycles. The lowest BCUT2D eigenvalue weighted by molar-refractivity contribution is -0.440. The first-order chi connectivity index (χ1) is 10.3. The van der Waals surface area contributed by atoms with Crippen LogP contribution in [-0.4, -0.2) is 19.9 Å². The van der Waals surface area contributed by atoms with Gasteiger partial charge in [0, 0.05) is 0 Å². The van der Waals surface area contributed by atoms with Crippen LogP contribution in [0.3, 0.4) is 0 Å². The Balaban J connectivity index is 2.97. The van der Waals surface area contributed by atoms with Gasteiger partial charge in [-0.05, 0) is 5.56 Å². The van der Waals surface area contributed by atoms with E-state index in [1.807, 2.05) is 0 Å². The van der Waals surface area contributed by atoms with Crippen molar-refractivity contribution in [2.75, 3.05) is 0 Å². The number of nitrogens with zero attached hydrogens (tertiary/aromatic N) is 3. The molecule has 0 spiro atoms. The second-order valence-electron chi connectivity index (χ2n) is 4.12. The second kappa shape index (κ2) is 5.44. The van der Waals surface area contributed by atoms with Gasteiger partial charge in [-0.3, -0.25) is 30.3 Å². The van der Waals surface area contributed by atoms with Gasteiger partial charge in [-0.25, -0.2) is 0 Å². The minimum Gasteiger partial charge on any atom is -0.507 e. The molecule has 0 fully saturated rings. The fourth-order valence-corrected chi connectivity index (χ4v) is 2.02. The number of hydrogen-bond donors (Lipinski definition) is 1. The van der Waals surface area contributed by atoms with Crippen LogP contribution in [0.2, 0.25) is 0 Å². The van der Waals surface area contributed by atoms with Crippen LogP contribution in [0.25, 0.3) is 11.1 Å². The van der Waals surface area contributed by atoms with Gasteiger partial charge in [0.1, 0.15) is 11.3 Å². The highest BCUT2D eigenvalue weighted by molar-refractivity contribution is 5.88. The molecule has 0 saturated carbocycles. The molecule has 10 nitrogen and oxygen atoms in total. The van der Waals surface area contributed by atoms with E-state index >= 15 is 0 Å². The zero-order chi connectivity index (χ0) is 16.4. The lowest BCUT2D eigenvalue weighted by Gasteiger charge is -2.06. The quantitative estimate of drug-likeness (QED) is 0.673. The number of hydrogen-bond acceptors (Lipinski definition) is 7. The standard InChI is InChI=1S/C12H7N3O7/c16-9-6-8(13(17)18)11(14(19)20)12(15(21)22)10(9)7-4-2-1-3-5-7/h1-6,16H.